The molecular formula is C14H17BrClFN2O3. The molecule has 22 heavy (non-hydrogen) atoms. The molecule has 1 aromatic carbocycles. The lowest BCUT2D eigenvalue weighted by Gasteiger charge is -2.34. The number of carbonyl (C=O) groups excluding carboxylic acids is 1. The summed E-state index contributed by atoms with van der Waals surface area (Å²) in [6.45, 7) is 3.61. The summed E-state index contributed by atoms with van der Waals surface area (Å²) in [5.74, 6) is -2.24. The first-order valence-electron chi connectivity index (χ1n) is 6.58. The Morgan fingerprint density at radius 3 is 2.55 bits per heavy atom. The van der Waals surface area contributed by atoms with Gasteiger partial charge < -0.3 is 5.11 Å². The van der Waals surface area contributed by atoms with Crippen molar-refractivity contribution in [2.75, 3.05) is 13.6 Å². The lowest BCUT2D eigenvalue weighted by molar-refractivity contribution is -0.164. The third-order valence-electron chi connectivity index (χ3n) is 3.27. The Labute approximate surface area is 141 Å². The minimum absolute atomic E-state index is 0.101. The van der Waals surface area contributed by atoms with Crippen molar-refractivity contribution in [1.82, 2.24) is 10.0 Å². The van der Waals surface area contributed by atoms with Gasteiger partial charge in [0, 0.05) is 23.6 Å². The number of benzene rings is 1. The zero-order chi connectivity index (χ0) is 17.0. The lowest BCUT2D eigenvalue weighted by atomic mass is 10.1. The Kier molecular flexibility index (Phi) is 6.77. The maximum Gasteiger partial charge on any atom is 0.327 e. The van der Waals surface area contributed by atoms with Crippen molar-refractivity contribution in [3.8, 4) is 0 Å². The number of hydrogen-bond acceptors (Lipinski definition) is 3. The van der Waals surface area contributed by atoms with Crippen molar-refractivity contribution in [3.63, 3.8) is 0 Å². The van der Waals surface area contributed by atoms with Crippen molar-refractivity contribution in [2.45, 2.75) is 26.3 Å². The van der Waals surface area contributed by atoms with E-state index in [0.29, 0.717) is 11.0 Å². The molecule has 8 heteroatoms. The summed E-state index contributed by atoms with van der Waals surface area (Å²) in [7, 11) is 1.60. The van der Waals surface area contributed by atoms with Gasteiger partial charge in [0.2, 0.25) is 5.91 Å². The molecule has 1 N–H and O–H groups in total. The summed E-state index contributed by atoms with van der Waals surface area (Å²) < 4.78 is 14.2. The van der Waals surface area contributed by atoms with E-state index in [-0.39, 0.29) is 17.0 Å². The fourth-order valence-corrected chi connectivity index (χ4v) is 2.56. The number of halogens is 3. The topological polar surface area (TPSA) is 60.9 Å². The van der Waals surface area contributed by atoms with Crippen LogP contribution in [0.4, 0.5) is 4.39 Å². The average Bonchev–Trinajstić information content (AvgIpc) is 2.47. The number of aliphatic carboxylic acids is 1. The van der Waals surface area contributed by atoms with E-state index in [0.717, 1.165) is 5.01 Å². The summed E-state index contributed by atoms with van der Waals surface area (Å²) in [6, 6.07) is 1.49. The fraction of sp³-hybridized carbons (Fsp3) is 0.429. The monoisotopic (exact) mass is 394 g/mol. The number of hydrogen-bond donors (Lipinski definition) is 1. The van der Waals surface area contributed by atoms with Gasteiger partial charge in [0.15, 0.2) is 0 Å². The molecule has 0 radical (unpaired) electrons. The molecule has 1 rings (SSSR count). The highest BCUT2D eigenvalue weighted by molar-refractivity contribution is 9.10. The van der Waals surface area contributed by atoms with Crippen LogP contribution >= 0.6 is 27.5 Å². The molecule has 0 aliphatic carbocycles. The van der Waals surface area contributed by atoms with Crippen LogP contribution in [0.25, 0.3) is 0 Å². The first kappa shape index (κ1) is 18.9. The maximum atomic E-state index is 13.9. The van der Waals surface area contributed by atoms with Crippen LogP contribution in [0, 0.1) is 5.82 Å². The molecule has 1 amide bonds. The van der Waals surface area contributed by atoms with Gasteiger partial charge >= 0.3 is 5.97 Å². The quantitative estimate of drug-likeness (QED) is 0.594. The van der Waals surface area contributed by atoms with Gasteiger partial charge in [-0.2, -0.15) is 0 Å². The van der Waals surface area contributed by atoms with Crippen LogP contribution in [0.15, 0.2) is 16.6 Å². The molecule has 0 spiro atoms. The molecule has 0 bridgehead atoms. The standard InChI is InChI=1S/C14H17BrClFN2O3/c1-4-18(3)19(8(2)14(21)22)12(20)7-9-11(17)6-5-10(16)13(9)15/h5-6,8H,4,7H2,1-3H3,(H,21,22). The van der Waals surface area contributed by atoms with E-state index in [4.69, 9.17) is 16.7 Å². The first-order chi connectivity index (χ1) is 10.2. The van der Waals surface area contributed by atoms with Crippen molar-refractivity contribution >= 4 is 39.4 Å². The molecule has 0 aromatic heterocycles. The van der Waals surface area contributed by atoms with Gasteiger partial charge in [-0.1, -0.05) is 18.5 Å². The van der Waals surface area contributed by atoms with Crippen molar-refractivity contribution in [3.05, 3.63) is 33.0 Å². The van der Waals surface area contributed by atoms with Gasteiger partial charge in [-0.15, -0.1) is 0 Å². The summed E-state index contributed by atoms with van der Waals surface area (Å²) in [6.07, 6.45) is -0.297. The molecule has 0 saturated carbocycles. The van der Waals surface area contributed by atoms with Gasteiger partial charge in [0.1, 0.15) is 11.9 Å². The molecule has 0 saturated heterocycles. The molecular weight excluding hydrogens is 379 g/mol. The second-order valence-electron chi connectivity index (χ2n) is 4.72. The molecule has 1 atom stereocenters. The second-order valence-corrected chi connectivity index (χ2v) is 5.93. The Morgan fingerprint density at radius 2 is 2.05 bits per heavy atom. The largest absolute Gasteiger partial charge is 0.480 e. The number of rotatable bonds is 6. The van der Waals surface area contributed by atoms with Crippen LogP contribution < -0.4 is 0 Å². The van der Waals surface area contributed by atoms with Gasteiger partial charge in [0.25, 0.3) is 0 Å². The minimum Gasteiger partial charge on any atom is -0.480 e. The van der Waals surface area contributed by atoms with Gasteiger partial charge in [-0.25, -0.2) is 14.2 Å². The average molecular weight is 396 g/mol. The molecule has 5 nitrogen and oxygen atoms in total. The van der Waals surface area contributed by atoms with Crippen molar-refractivity contribution < 1.29 is 19.1 Å². The molecule has 0 aliphatic heterocycles. The molecule has 122 valence electrons. The predicted molar refractivity (Wildman–Crippen MR) is 85.1 cm³/mol. The molecule has 1 unspecified atom stereocenters. The minimum atomic E-state index is -1.14. The van der Waals surface area contributed by atoms with E-state index >= 15 is 0 Å². The number of hydrazine groups is 1. The summed E-state index contributed by atoms with van der Waals surface area (Å²) in [4.78, 5) is 23.6. The van der Waals surface area contributed by atoms with Gasteiger partial charge in [0.05, 0.1) is 11.4 Å². The Hall–Kier alpha value is -1.18. The third kappa shape index (κ3) is 4.18. The van der Waals surface area contributed by atoms with Crippen LogP contribution in [0.5, 0.6) is 0 Å². The van der Waals surface area contributed by atoms with E-state index < -0.39 is 23.7 Å². The number of carboxylic acid groups (broad SMARTS) is 1. The third-order valence-corrected chi connectivity index (χ3v) is 4.72. The fourth-order valence-electron chi connectivity index (χ4n) is 1.92. The normalized spacial score (nSPS) is 12.3. The number of carbonyl (C=O) groups is 2. The van der Waals surface area contributed by atoms with Gasteiger partial charge in [-0.3, -0.25) is 9.80 Å². The van der Waals surface area contributed by atoms with Crippen LogP contribution in [0.2, 0.25) is 5.02 Å². The highest BCUT2D eigenvalue weighted by Gasteiger charge is 2.29. The summed E-state index contributed by atoms with van der Waals surface area (Å²) in [5.41, 5.74) is 0.101. The van der Waals surface area contributed by atoms with Crippen molar-refractivity contribution in [2.24, 2.45) is 0 Å². The van der Waals surface area contributed by atoms with Gasteiger partial charge in [-0.05, 0) is 35.0 Å². The lowest BCUT2D eigenvalue weighted by Crippen LogP contribution is -2.52. The molecule has 0 aliphatic rings. The molecule has 0 heterocycles. The predicted octanol–water partition coefficient (Wildman–Crippen LogP) is 2.95. The van der Waals surface area contributed by atoms with Crippen molar-refractivity contribution in [1.29, 1.82) is 0 Å². The second kappa shape index (κ2) is 7.89. The molecule has 0 fully saturated rings. The van der Waals surface area contributed by atoms with E-state index in [2.05, 4.69) is 15.9 Å². The zero-order valence-electron chi connectivity index (χ0n) is 12.4. The Morgan fingerprint density at radius 1 is 1.45 bits per heavy atom. The zero-order valence-corrected chi connectivity index (χ0v) is 14.8. The maximum absolute atomic E-state index is 13.9. The van der Waals surface area contributed by atoms with E-state index in [1.807, 2.05) is 0 Å². The van der Waals surface area contributed by atoms with E-state index in [1.54, 1.807) is 14.0 Å². The van der Waals surface area contributed by atoms with Crippen LogP contribution in [-0.2, 0) is 16.0 Å². The Balaban J connectivity index is 3.12. The summed E-state index contributed by atoms with van der Waals surface area (Å²) in [5, 5.41) is 12.0. The van der Waals surface area contributed by atoms with Crippen LogP contribution in [0.1, 0.15) is 19.4 Å². The van der Waals surface area contributed by atoms with E-state index in [1.165, 1.54) is 24.1 Å². The number of amides is 1. The highest BCUT2D eigenvalue weighted by atomic mass is 79.9. The van der Waals surface area contributed by atoms with Crippen LogP contribution in [-0.4, -0.2) is 46.6 Å². The SMILES string of the molecule is CCN(C)N(C(=O)Cc1c(F)ccc(Cl)c1Br)C(C)C(=O)O. The number of nitrogens with zero attached hydrogens (tertiary/aromatic N) is 2. The van der Waals surface area contributed by atoms with Crippen LogP contribution in [0.3, 0.4) is 0 Å². The molecule has 1 aromatic rings. The van der Waals surface area contributed by atoms with E-state index in [9.17, 15) is 14.0 Å². The summed E-state index contributed by atoms with van der Waals surface area (Å²) >= 11 is 9.06. The first-order valence-corrected chi connectivity index (χ1v) is 7.76. The Bertz CT molecular complexity index is 585. The highest BCUT2D eigenvalue weighted by Crippen LogP contribution is 2.29. The smallest absolute Gasteiger partial charge is 0.327 e. The number of carboxylic acids is 1.